The van der Waals surface area contributed by atoms with Crippen molar-refractivity contribution in [1.29, 1.82) is 0 Å². The molecule has 1 fully saturated rings. The van der Waals surface area contributed by atoms with E-state index < -0.39 is 11.7 Å². The van der Waals surface area contributed by atoms with Crippen molar-refractivity contribution in [2.24, 2.45) is 0 Å². The van der Waals surface area contributed by atoms with E-state index in [9.17, 15) is 4.79 Å². The minimum atomic E-state index is -0.506. The molecular weight excluding hydrogens is 333 g/mol. The smallest absolute Gasteiger partial charge is 0.492 e. The number of nitrogens with one attached hydrogen (secondary N) is 1. The van der Waals surface area contributed by atoms with Gasteiger partial charge in [-0.3, -0.25) is 0 Å². The van der Waals surface area contributed by atoms with Gasteiger partial charge in [0, 0.05) is 0 Å². The quantitative estimate of drug-likeness (QED) is 0.644. The SMILES string of the molecule is CC(C)(C)OC(=O)NCCOc1ccc(B2OC(C)(C)C(C)(C)O2)cc1. The van der Waals surface area contributed by atoms with Gasteiger partial charge in [-0.2, -0.15) is 0 Å². The summed E-state index contributed by atoms with van der Waals surface area (Å²) in [6, 6.07) is 7.60. The van der Waals surface area contributed by atoms with Crippen LogP contribution in [0.1, 0.15) is 48.5 Å². The second-order valence-corrected chi connectivity index (χ2v) is 8.43. The van der Waals surface area contributed by atoms with Gasteiger partial charge in [-0.25, -0.2) is 4.79 Å². The van der Waals surface area contributed by atoms with Crippen LogP contribution in [0.5, 0.6) is 5.75 Å². The molecule has 0 spiro atoms. The van der Waals surface area contributed by atoms with E-state index in [1.165, 1.54) is 0 Å². The van der Waals surface area contributed by atoms with Crippen LogP contribution in [0.2, 0.25) is 0 Å². The van der Waals surface area contributed by atoms with Crippen molar-refractivity contribution < 1.29 is 23.6 Å². The first-order valence-corrected chi connectivity index (χ1v) is 8.95. The topological polar surface area (TPSA) is 66.0 Å². The molecule has 0 unspecified atom stereocenters. The monoisotopic (exact) mass is 363 g/mol. The lowest BCUT2D eigenvalue weighted by Crippen LogP contribution is -2.41. The first kappa shape index (κ1) is 20.6. The van der Waals surface area contributed by atoms with Crippen molar-refractivity contribution in [3.8, 4) is 5.75 Å². The second-order valence-electron chi connectivity index (χ2n) is 8.43. The lowest BCUT2D eigenvalue weighted by atomic mass is 9.79. The van der Waals surface area contributed by atoms with Gasteiger partial charge in [0.2, 0.25) is 0 Å². The number of carbonyl (C=O) groups is 1. The Morgan fingerprint density at radius 3 is 2.12 bits per heavy atom. The summed E-state index contributed by atoms with van der Waals surface area (Å²) in [5.74, 6) is 0.719. The zero-order valence-electron chi connectivity index (χ0n) is 16.8. The van der Waals surface area contributed by atoms with Crippen LogP contribution in [0, 0.1) is 0 Å². The van der Waals surface area contributed by atoms with E-state index >= 15 is 0 Å². The Balaban J connectivity index is 1.79. The predicted molar refractivity (Wildman–Crippen MR) is 102 cm³/mol. The summed E-state index contributed by atoms with van der Waals surface area (Å²) in [5, 5.41) is 2.66. The molecule has 1 aromatic carbocycles. The number of amides is 1. The Morgan fingerprint density at radius 1 is 1.08 bits per heavy atom. The number of alkyl carbamates (subject to hydrolysis) is 1. The molecule has 1 aliphatic rings. The Labute approximate surface area is 156 Å². The van der Waals surface area contributed by atoms with E-state index in [-0.39, 0.29) is 18.3 Å². The molecule has 1 heterocycles. The van der Waals surface area contributed by atoms with Gasteiger partial charge in [0.25, 0.3) is 0 Å². The number of hydrogen-bond donors (Lipinski definition) is 1. The highest BCUT2D eigenvalue weighted by Gasteiger charge is 2.51. The molecule has 2 rings (SSSR count). The summed E-state index contributed by atoms with van der Waals surface area (Å²) in [7, 11) is -0.386. The van der Waals surface area contributed by atoms with Crippen molar-refractivity contribution in [2.45, 2.75) is 65.3 Å². The summed E-state index contributed by atoms with van der Waals surface area (Å²) in [6.45, 7) is 14.3. The minimum absolute atomic E-state index is 0.356. The summed E-state index contributed by atoms with van der Waals surface area (Å²) in [5.41, 5.74) is -0.280. The minimum Gasteiger partial charge on any atom is -0.492 e. The lowest BCUT2D eigenvalue weighted by Gasteiger charge is -2.32. The molecular formula is C19H30BNO5. The summed E-state index contributed by atoms with van der Waals surface area (Å²) < 4.78 is 22.9. The largest absolute Gasteiger partial charge is 0.494 e. The van der Waals surface area contributed by atoms with Crippen LogP contribution in [0.25, 0.3) is 0 Å². The molecule has 6 nitrogen and oxygen atoms in total. The average Bonchev–Trinajstić information content (AvgIpc) is 2.71. The average molecular weight is 363 g/mol. The lowest BCUT2D eigenvalue weighted by molar-refractivity contribution is 0.00578. The standard InChI is InChI=1S/C19H30BNO5/c1-17(2,3)24-16(22)21-12-13-23-15-10-8-14(9-11-15)20-25-18(4,5)19(6,7)26-20/h8-11H,12-13H2,1-7H3,(H,21,22). The van der Waals surface area contributed by atoms with Gasteiger partial charge in [-0.15, -0.1) is 0 Å². The van der Waals surface area contributed by atoms with Crippen molar-refractivity contribution in [1.82, 2.24) is 5.32 Å². The first-order chi connectivity index (χ1) is 11.9. The summed E-state index contributed by atoms with van der Waals surface area (Å²) in [4.78, 5) is 11.5. The molecule has 7 heteroatoms. The van der Waals surface area contributed by atoms with Crippen molar-refractivity contribution in [3.05, 3.63) is 24.3 Å². The van der Waals surface area contributed by atoms with Gasteiger partial charge < -0.3 is 24.1 Å². The van der Waals surface area contributed by atoms with Gasteiger partial charge in [-0.1, -0.05) is 12.1 Å². The molecule has 0 aromatic heterocycles. The molecule has 0 atom stereocenters. The van der Waals surface area contributed by atoms with Crippen molar-refractivity contribution in [3.63, 3.8) is 0 Å². The Morgan fingerprint density at radius 2 is 1.62 bits per heavy atom. The molecule has 0 aliphatic carbocycles. The van der Waals surface area contributed by atoms with E-state index in [0.717, 1.165) is 11.2 Å². The Hall–Kier alpha value is -1.73. The van der Waals surface area contributed by atoms with Crippen LogP contribution in [0.15, 0.2) is 24.3 Å². The number of rotatable bonds is 5. The molecule has 0 saturated carbocycles. The molecule has 1 N–H and O–H groups in total. The van der Waals surface area contributed by atoms with Gasteiger partial charge in [-0.05, 0) is 66.1 Å². The Bertz CT molecular complexity index is 606. The fourth-order valence-electron chi connectivity index (χ4n) is 2.34. The van der Waals surface area contributed by atoms with Crippen LogP contribution in [-0.2, 0) is 14.0 Å². The third-order valence-corrected chi connectivity index (χ3v) is 4.44. The van der Waals surface area contributed by atoms with Crippen LogP contribution in [0.4, 0.5) is 4.79 Å². The van der Waals surface area contributed by atoms with Gasteiger partial charge >= 0.3 is 13.2 Å². The van der Waals surface area contributed by atoms with Crippen LogP contribution >= 0.6 is 0 Å². The second kappa shape index (κ2) is 7.49. The van der Waals surface area contributed by atoms with E-state index in [2.05, 4.69) is 5.32 Å². The summed E-state index contributed by atoms with van der Waals surface area (Å²) in [6.07, 6.45) is -0.447. The Kier molecular flexibility index (Phi) is 5.93. The maximum absolute atomic E-state index is 11.5. The molecule has 1 aromatic rings. The molecule has 144 valence electrons. The molecule has 1 aliphatic heterocycles. The first-order valence-electron chi connectivity index (χ1n) is 8.95. The molecule has 1 amide bonds. The predicted octanol–water partition coefficient (Wildman–Crippen LogP) is 2.89. The maximum atomic E-state index is 11.5. The molecule has 26 heavy (non-hydrogen) atoms. The van der Waals surface area contributed by atoms with E-state index in [1.54, 1.807) is 0 Å². The van der Waals surface area contributed by atoms with E-state index in [0.29, 0.717) is 13.2 Å². The normalized spacial score (nSPS) is 18.5. The number of ether oxygens (including phenoxy) is 2. The van der Waals surface area contributed by atoms with E-state index in [4.69, 9.17) is 18.8 Å². The molecule has 1 saturated heterocycles. The van der Waals surface area contributed by atoms with Gasteiger partial charge in [0.05, 0.1) is 17.7 Å². The molecule has 0 bridgehead atoms. The fraction of sp³-hybridized carbons (Fsp3) is 0.632. The van der Waals surface area contributed by atoms with Crippen LogP contribution in [0.3, 0.4) is 0 Å². The van der Waals surface area contributed by atoms with E-state index in [1.807, 2.05) is 72.7 Å². The van der Waals surface area contributed by atoms with Crippen LogP contribution < -0.4 is 15.5 Å². The highest BCUT2D eigenvalue weighted by atomic mass is 16.7. The highest BCUT2D eigenvalue weighted by molar-refractivity contribution is 6.62. The molecule has 0 radical (unpaired) electrons. The third-order valence-electron chi connectivity index (χ3n) is 4.44. The van der Waals surface area contributed by atoms with Crippen molar-refractivity contribution >= 4 is 18.7 Å². The van der Waals surface area contributed by atoms with Gasteiger partial charge in [0.15, 0.2) is 0 Å². The van der Waals surface area contributed by atoms with Gasteiger partial charge in [0.1, 0.15) is 18.0 Å². The van der Waals surface area contributed by atoms with Crippen molar-refractivity contribution in [2.75, 3.05) is 13.2 Å². The maximum Gasteiger partial charge on any atom is 0.494 e. The van der Waals surface area contributed by atoms with Crippen LogP contribution in [-0.4, -0.2) is 43.2 Å². The zero-order valence-corrected chi connectivity index (χ0v) is 16.8. The third kappa shape index (κ3) is 5.38. The number of carbonyl (C=O) groups excluding carboxylic acids is 1. The highest BCUT2D eigenvalue weighted by Crippen LogP contribution is 2.36. The summed E-state index contributed by atoms with van der Waals surface area (Å²) >= 11 is 0. The number of benzene rings is 1. The fourth-order valence-corrected chi connectivity index (χ4v) is 2.34. The zero-order chi connectivity index (χ0) is 19.6. The number of hydrogen-bond acceptors (Lipinski definition) is 5.